The zero-order chi connectivity index (χ0) is 24.2. The number of rotatable bonds is 8. The van der Waals surface area contributed by atoms with Crippen LogP contribution in [-0.2, 0) is 17.9 Å². The van der Waals surface area contributed by atoms with Crippen molar-refractivity contribution in [1.82, 2.24) is 20.1 Å². The highest BCUT2D eigenvalue weighted by atomic mass is 79.9. The molecule has 1 aliphatic rings. The Morgan fingerprint density at radius 2 is 1.85 bits per heavy atom. The van der Waals surface area contributed by atoms with Crippen LogP contribution in [0.25, 0.3) is 0 Å². The average Bonchev–Trinajstić information content (AvgIpc) is 3.44. The molecule has 2 aromatic carbocycles. The molecule has 2 N–H and O–H groups in total. The van der Waals surface area contributed by atoms with Gasteiger partial charge < -0.3 is 24.7 Å². The quantitative estimate of drug-likeness (QED) is 0.411. The molecule has 1 aliphatic heterocycles. The molecule has 34 heavy (non-hydrogen) atoms. The van der Waals surface area contributed by atoms with Crippen molar-refractivity contribution in [3.8, 4) is 11.5 Å². The van der Waals surface area contributed by atoms with Gasteiger partial charge in [-0.2, -0.15) is 0 Å². The summed E-state index contributed by atoms with van der Waals surface area (Å²) in [6.45, 7) is 6.85. The number of ether oxygens (including phenoxy) is 2. The molecule has 9 nitrogen and oxygen atoms in total. The normalized spacial score (nSPS) is 12.0. The van der Waals surface area contributed by atoms with E-state index in [0.29, 0.717) is 34.6 Å². The van der Waals surface area contributed by atoms with Crippen molar-refractivity contribution in [2.75, 3.05) is 17.9 Å². The molecule has 2 amide bonds. The van der Waals surface area contributed by atoms with Gasteiger partial charge in [0.25, 0.3) is 5.91 Å². The fourth-order valence-electron chi connectivity index (χ4n) is 3.59. The number of carbonyl (C=O) groups excluding carboxylic acids is 2. The molecule has 0 spiro atoms. The number of halogens is 1. The number of aromatic nitrogens is 3. The number of nitrogens with one attached hydrogen (secondary N) is 2. The Bertz CT molecular complexity index is 1220. The largest absolute Gasteiger partial charge is 0.454 e. The SMILES string of the molecule is CCn1c(CNC(=O)c2ccc3c(c2)OCO3)nnc1SCC(=O)Nc1c(C)cc(Br)cc1C. The Labute approximate surface area is 209 Å². The van der Waals surface area contributed by atoms with Crippen molar-refractivity contribution in [2.45, 2.75) is 39.0 Å². The molecule has 0 atom stereocenters. The van der Waals surface area contributed by atoms with Crippen LogP contribution in [-0.4, -0.2) is 39.1 Å². The molecule has 0 aliphatic carbocycles. The zero-order valence-electron chi connectivity index (χ0n) is 19.0. The molecular formula is C23H24BrN5O4S. The maximum absolute atomic E-state index is 12.6. The van der Waals surface area contributed by atoms with Gasteiger partial charge in [0.1, 0.15) is 0 Å². The minimum Gasteiger partial charge on any atom is -0.454 e. The molecule has 0 fully saturated rings. The van der Waals surface area contributed by atoms with E-state index in [9.17, 15) is 9.59 Å². The summed E-state index contributed by atoms with van der Waals surface area (Å²) in [5.41, 5.74) is 3.26. The summed E-state index contributed by atoms with van der Waals surface area (Å²) in [6.07, 6.45) is 0. The van der Waals surface area contributed by atoms with E-state index < -0.39 is 0 Å². The molecule has 0 saturated heterocycles. The lowest BCUT2D eigenvalue weighted by Gasteiger charge is -2.12. The van der Waals surface area contributed by atoms with Crippen molar-refractivity contribution in [2.24, 2.45) is 0 Å². The van der Waals surface area contributed by atoms with Gasteiger partial charge in [-0.1, -0.05) is 27.7 Å². The van der Waals surface area contributed by atoms with Gasteiger partial charge >= 0.3 is 0 Å². The van der Waals surface area contributed by atoms with Crippen LogP contribution in [0.4, 0.5) is 5.69 Å². The summed E-state index contributed by atoms with van der Waals surface area (Å²) < 4.78 is 13.5. The molecule has 2 heterocycles. The van der Waals surface area contributed by atoms with Crippen LogP contribution in [0.1, 0.15) is 34.2 Å². The first-order chi connectivity index (χ1) is 16.4. The van der Waals surface area contributed by atoms with Gasteiger partial charge in [-0.3, -0.25) is 9.59 Å². The summed E-state index contributed by atoms with van der Waals surface area (Å²) in [5.74, 6) is 1.60. The Kier molecular flexibility index (Phi) is 7.42. The van der Waals surface area contributed by atoms with Crippen molar-refractivity contribution >= 4 is 45.2 Å². The summed E-state index contributed by atoms with van der Waals surface area (Å²) in [6, 6.07) is 8.98. The first kappa shape index (κ1) is 24.1. The van der Waals surface area contributed by atoms with Gasteiger partial charge in [-0.05, 0) is 62.2 Å². The number of benzene rings is 2. The number of fused-ring (bicyclic) bond motifs is 1. The standard InChI is InChI=1S/C23H24BrN5O4S/c1-4-29-19(10-25-22(31)15-5-6-17-18(9-15)33-12-32-17)27-28-23(29)34-11-20(30)26-21-13(2)7-16(24)8-14(21)3/h5-9H,4,10-12H2,1-3H3,(H,25,31)(H,26,30). The van der Waals surface area contributed by atoms with Crippen LogP contribution < -0.4 is 20.1 Å². The fourth-order valence-corrected chi connectivity index (χ4v) is 5.09. The highest BCUT2D eigenvalue weighted by Crippen LogP contribution is 2.32. The Balaban J connectivity index is 1.35. The maximum atomic E-state index is 12.6. The monoisotopic (exact) mass is 545 g/mol. The highest BCUT2D eigenvalue weighted by Gasteiger charge is 2.18. The topological polar surface area (TPSA) is 107 Å². The minimum absolute atomic E-state index is 0.123. The van der Waals surface area contributed by atoms with Crippen LogP contribution in [0.3, 0.4) is 0 Å². The Hall–Kier alpha value is -3.05. The summed E-state index contributed by atoms with van der Waals surface area (Å²) in [4.78, 5) is 25.1. The van der Waals surface area contributed by atoms with Gasteiger partial charge in [0.05, 0.1) is 12.3 Å². The van der Waals surface area contributed by atoms with Crippen LogP contribution in [0, 0.1) is 13.8 Å². The molecule has 178 valence electrons. The van der Waals surface area contributed by atoms with Gasteiger partial charge in [0.15, 0.2) is 22.5 Å². The zero-order valence-corrected chi connectivity index (χ0v) is 21.4. The van der Waals surface area contributed by atoms with E-state index in [4.69, 9.17) is 9.47 Å². The third kappa shape index (κ3) is 5.36. The Morgan fingerprint density at radius 3 is 2.59 bits per heavy atom. The number of nitrogens with zero attached hydrogens (tertiary/aromatic N) is 3. The fraction of sp³-hybridized carbons (Fsp3) is 0.304. The second-order valence-electron chi connectivity index (χ2n) is 7.65. The summed E-state index contributed by atoms with van der Waals surface area (Å²) >= 11 is 4.77. The Morgan fingerprint density at radius 1 is 1.12 bits per heavy atom. The lowest BCUT2D eigenvalue weighted by Crippen LogP contribution is -2.24. The number of carbonyl (C=O) groups is 2. The number of anilines is 1. The molecule has 4 rings (SSSR count). The van der Waals surface area contributed by atoms with E-state index in [-0.39, 0.29) is 30.9 Å². The van der Waals surface area contributed by atoms with E-state index >= 15 is 0 Å². The van der Waals surface area contributed by atoms with Crippen molar-refractivity contribution in [3.63, 3.8) is 0 Å². The first-order valence-corrected chi connectivity index (χ1v) is 12.4. The van der Waals surface area contributed by atoms with Crippen molar-refractivity contribution in [3.05, 3.63) is 57.3 Å². The maximum Gasteiger partial charge on any atom is 0.251 e. The van der Waals surface area contributed by atoms with E-state index in [1.165, 1.54) is 11.8 Å². The molecule has 11 heteroatoms. The van der Waals surface area contributed by atoms with E-state index in [1.54, 1.807) is 18.2 Å². The molecule has 0 unspecified atom stereocenters. The molecule has 0 bridgehead atoms. The number of hydrogen-bond acceptors (Lipinski definition) is 7. The van der Waals surface area contributed by atoms with Crippen LogP contribution in [0.5, 0.6) is 11.5 Å². The minimum atomic E-state index is -0.252. The lowest BCUT2D eigenvalue weighted by molar-refractivity contribution is -0.113. The molecule has 3 aromatic rings. The smallest absolute Gasteiger partial charge is 0.251 e. The van der Waals surface area contributed by atoms with Gasteiger partial charge in [0, 0.05) is 22.3 Å². The number of thioether (sulfide) groups is 1. The highest BCUT2D eigenvalue weighted by molar-refractivity contribution is 9.10. The van der Waals surface area contributed by atoms with E-state index in [2.05, 4.69) is 36.8 Å². The van der Waals surface area contributed by atoms with E-state index in [1.807, 2.05) is 37.5 Å². The lowest BCUT2D eigenvalue weighted by atomic mass is 10.1. The van der Waals surface area contributed by atoms with Gasteiger partial charge in [-0.15, -0.1) is 10.2 Å². The third-order valence-electron chi connectivity index (χ3n) is 5.25. The average molecular weight is 546 g/mol. The van der Waals surface area contributed by atoms with Gasteiger partial charge in [0.2, 0.25) is 12.7 Å². The molecular weight excluding hydrogens is 522 g/mol. The predicted molar refractivity (Wildman–Crippen MR) is 132 cm³/mol. The second-order valence-corrected chi connectivity index (χ2v) is 9.50. The first-order valence-electron chi connectivity index (χ1n) is 10.6. The van der Waals surface area contributed by atoms with Crippen LogP contribution >= 0.6 is 27.7 Å². The van der Waals surface area contributed by atoms with Crippen LogP contribution in [0.15, 0.2) is 40.0 Å². The second kappa shape index (κ2) is 10.5. The summed E-state index contributed by atoms with van der Waals surface area (Å²) in [5, 5.41) is 14.9. The van der Waals surface area contributed by atoms with Crippen molar-refractivity contribution in [1.29, 1.82) is 0 Å². The third-order valence-corrected chi connectivity index (χ3v) is 6.67. The van der Waals surface area contributed by atoms with Crippen molar-refractivity contribution < 1.29 is 19.1 Å². The summed E-state index contributed by atoms with van der Waals surface area (Å²) in [7, 11) is 0. The molecule has 0 radical (unpaired) electrons. The van der Waals surface area contributed by atoms with Gasteiger partial charge in [-0.25, -0.2) is 0 Å². The molecule has 0 saturated carbocycles. The number of amides is 2. The van der Waals surface area contributed by atoms with Crippen LogP contribution in [0.2, 0.25) is 0 Å². The molecule has 1 aromatic heterocycles. The predicted octanol–water partition coefficient (Wildman–Crippen LogP) is 4.07. The number of aryl methyl sites for hydroxylation is 2. The van der Waals surface area contributed by atoms with E-state index in [0.717, 1.165) is 21.3 Å². The number of hydrogen-bond donors (Lipinski definition) is 2.